The first-order chi connectivity index (χ1) is 9.55. The molecule has 0 aliphatic heterocycles. The van der Waals surface area contributed by atoms with E-state index in [-0.39, 0.29) is 5.02 Å². The van der Waals surface area contributed by atoms with E-state index in [1.165, 1.54) is 32.4 Å². The molecule has 0 saturated carbocycles. The van der Waals surface area contributed by atoms with Crippen molar-refractivity contribution in [1.82, 2.24) is 0 Å². The van der Waals surface area contributed by atoms with Crippen LogP contribution in [-0.4, -0.2) is 14.2 Å². The van der Waals surface area contributed by atoms with Crippen LogP contribution < -0.4 is 20.5 Å². The molecule has 0 radical (unpaired) electrons. The van der Waals surface area contributed by atoms with Gasteiger partial charge in [0.05, 0.1) is 36.3 Å². The summed E-state index contributed by atoms with van der Waals surface area (Å²) < 4.78 is 23.4. The Morgan fingerprint density at radius 1 is 1.05 bits per heavy atom. The standard InChI is InChI=1S/C14H14ClFN2O2/c1-19-13-6-10(17)12(7-14(13)20-2)18-11-4-3-8(16)5-9(11)15/h3-7,18H,17H2,1-2H3. The second kappa shape index (κ2) is 5.88. The molecule has 106 valence electrons. The molecular formula is C14H14ClFN2O2. The number of rotatable bonds is 4. The van der Waals surface area contributed by atoms with Gasteiger partial charge in [-0.1, -0.05) is 11.6 Å². The number of anilines is 3. The highest BCUT2D eigenvalue weighted by molar-refractivity contribution is 6.33. The molecule has 0 bridgehead atoms. The van der Waals surface area contributed by atoms with Gasteiger partial charge < -0.3 is 20.5 Å². The van der Waals surface area contributed by atoms with E-state index >= 15 is 0 Å². The van der Waals surface area contributed by atoms with E-state index in [0.29, 0.717) is 28.6 Å². The van der Waals surface area contributed by atoms with Crippen LogP contribution in [0.4, 0.5) is 21.5 Å². The zero-order valence-electron chi connectivity index (χ0n) is 11.0. The number of nitrogen functional groups attached to an aromatic ring is 1. The van der Waals surface area contributed by atoms with Gasteiger partial charge in [0, 0.05) is 12.1 Å². The molecule has 0 amide bonds. The fraction of sp³-hybridized carbons (Fsp3) is 0.143. The Hall–Kier alpha value is -2.14. The van der Waals surface area contributed by atoms with E-state index in [1.54, 1.807) is 12.1 Å². The van der Waals surface area contributed by atoms with Crippen molar-refractivity contribution in [2.24, 2.45) is 0 Å². The lowest BCUT2D eigenvalue weighted by atomic mass is 10.2. The van der Waals surface area contributed by atoms with E-state index in [2.05, 4.69) is 5.32 Å². The summed E-state index contributed by atoms with van der Waals surface area (Å²) >= 11 is 5.96. The minimum atomic E-state index is -0.402. The molecule has 3 N–H and O–H groups in total. The number of ether oxygens (including phenoxy) is 2. The molecule has 6 heteroatoms. The van der Waals surface area contributed by atoms with Crippen LogP contribution in [0.5, 0.6) is 11.5 Å². The topological polar surface area (TPSA) is 56.5 Å². The minimum Gasteiger partial charge on any atom is -0.493 e. The molecule has 4 nitrogen and oxygen atoms in total. The molecule has 0 heterocycles. The van der Waals surface area contributed by atoms with Gasteiger partial charge in [-0.3, -0.25) is 0 Å². The molecule has 0 saturated heterocycles. The number of nitrogens with two attached hydrogens (primary N) is 1. The van der Waals surface area contributed by atoms with Crippen molar-refractivity contribution in [1.29, 1.82) is 0 Å². The van der Waals surface area contributed by atoms with Crippen molar-refractivity contribution in [2.45, 2.75) is 0 Å². The van der Waals surface area contributed by atoms with Gasteiger partial charge >= 0.3 is 0 Å². The number of methoxy groups -OCH3 is 2. The van der Waals surface area contributed by atoms with Crippen LogP contribution in [0.15, 0.2) is 30.3 Å². The van der Waals surface area contributed by atoms with Crippen LogP contribution in [0.2, 0.25) is 5.02 Å². The fourth-order valence-electron chi connectivity index (χ4n) is 1.74. The highest BCUT2D eigenvalue weighted by Crippen LogP contribution is 2.37. The first-order valence-electron chi connectivity index (χ1n) is 5.78. The third-order valence-corrected chi connectivity index (χ3v) is 3.07. The van der Waals surface area contributed by atoms with Crippen LogP contribution in [0.25, 0.3) is 0 Å². The molecule has 0 atom stereocenters. The van der Waals surface area contributed by atoms with Crippen molar-refractivity contribution in [3.8, 4) is 11.5 Å². The van der Waals surface area contributed by atoms with Crippen LogP contribution in [0.1, 0.15) is 0 Å². The molecule has 0 aromatic heterocycles. The van der Waals surface area contributed by atoms with Crippen molar-refractivity contribution < 1.29 is 13.9 Å². The second-order valence-corrected chi connectivity index (χ2v) is 4.45. The smallest absolute Gasteiger partial charge is 0.162 e. The molecule has 0 aliphatic carbocycles. The fourth-order valence-corrected chi connectivity index (χ4v) is 1.95. The molecule has 2 aromatic carbocycles. The SMILES string of the molecule is COc1cc(N)c(Nc2ccc(F)cc2Cl)cc1OC. The van der Waals surface area contributed by atoms with Crippen molar-refractivity contribution in [3.05, 3.63) is 41.2 Å². The lowest BCUT2D eigenvalue weighted by Crippen LogP contribution is -2.00. The lowest BCUT2D eigenvalue weighted by molar-refractivity contribution is 0.355. The predicted octanol–water partition coefficient (Wildman–Crippen LogP) is 3.82. The zero-order valence-corrected chi connectivity index (χ0v) is 11.8. The average Bonchev–Trinajstić information content (AvgIpc) is 2.43. The summed E-state index contributed by atoms with van der Waals surface area (Å²) in [5.41, 5.74) is 7.54. The van der Waals surface area contributed by atoms with Gasteiger partial charge in [-0.25, -0.2) is 4.39 Å². The summed E-state index contributed by atoms with van der Waals surface area (Å²) in [6.07, 6.45) is 0. The van der Waals surface area contributed by atoms with E-state index in [1.807, 2.05) is 0 Å². The third-order valence-electron chi connectivity index (χ3n) is 2.76. The molecule has 0 aliphatic rings. The lowest BCUT2D eigenvalue weighted by Gasteiger charge is -2.14. The summed E-state index contributed by atoms with van der Waals surface area (Å²) in [5.74, 6) is 0.657. The van der Waals surface area contributed by atoms with Crippen molar-refractivity contribution >= 4 is 28.7 Å². The van der Waals surface area contributed by atoms with Gasteiger partial charge in [-0.05, 0) is 18.2 Å². The molecule has 20 heavy (non-hydrogen) atoms. The zero-order chi connectivity index (χ0) is 14.7. The predicted molar refractivity (Wildman–Crippen MR) is 78.7 cm³/mol. The highest BCUT2D eigenvalue weighted by Gasteiger charge is 2.10. The van der Waals surface area contributed by atoms with E-state index in [0.717, 1.165) is 0 Å². The van der Waals surface area contributed by atoms with Crippen molar-refractivity contribution in [3.63, 3.8) is 0 Å². The molecular weight excluding hydrogens is 283 g/mol. The van der Waals surface area contributed by atoms with Gasteiger partial charge in [0.25, 0.3) is 0 Å². The van der Waals surface area contributed by atoms with E-state index in [9.17, 15) is 4.39 Å². The summed E-state index contributed by atoms with van der Waals surface area (Å²) in [4.78, 5) is 0. The van der Waals surface area contributed by atoms with Gasteiger partial charge in [0.1, 0.15) is 5.82 Å². The first-order valence-corrected chi connectivity index (χ1v) is 6.16. The maximum absolute atomic E-state index is 13.0. The number of halogens is 2. The molecule has 0 spiro atoms. The second-order valence-electron chi connectivity index (χ2n) is 4.04. The maximum Gasteiger partial charge on any atom is 0.162 e. The highest BCUT2D eigenvalue weighted by atomic mass is 35.5. The Labute approximate surface area is 121 Å². The number of hydrogen-bond acceptors (Lipinski definition) is 4. The molecule has 2 rings (SSSR count). The minimum absolute atomic E-state index is 0.263. The average molecular weight is 297 g/mol. The van der Waals surface area contributed by atoms with Crippen LogP contribution in [0.3, 0.4) is 0 Å². The number of benzene rings is 2. The van der Waals surface area contributed by atoms with E-state index in [4.69, 9.17) is 26.8 Å². The molecule has 2 aromatic rings. The monoisotopic (exact) mass is 296 g/mol. The summed E-state index contributed by atoms with van der Waals surface area (Å²) in [5, 5.41) is 3.30. The van der Waals surface area contributed by atoms with Gasteiger partial charge in [0.15, 0.2) is 11.5 Å². The molecule has 0 unspecified atom stereocenters. The van der Waals surface area contributed by atoms with Crippen LogP contribution in [-0.2, 0) is 0 Å². The van der Waals surface area contributed by atoms with Gasteiger partial charge in [-0.15, -0.1) is 0 Å². The third kappa shape index (κ3) is 2.88. The Bertz CT molecular complexity index is 635. The van der Waals surface area contributed by atoms with E-state index < -0.39 is 5.82 Å². The van der Waals surface area contributed by atoms with Crippen molar-refractivity contribution in [2.75, 3.05) is 25.3 Å². The van der Waals surface area contributed by atoms with Crippen LogP contribution in [0, 0.1) is 5.82 Å². The Kier molecular flexibility index (Phi) is 4.20. The normalized spacial score (nSPS) is 10.2. The maximum atomic E-state index is 13.0. The molecule has 0 fully saturated rings. The summed E-state index contributed by atoms with van der Waals surface area (Å²) in [6.45, 7) is 0. The number of hydrogen-bond donors (Lipinski definition) is 2. The quantitative estimate of drug-likeness (QED) is 0.842. The Morgan fingerprint density at radius 2 is 1.70 bits per heavy atom. The summed E-state index contributed by atoms with van der Waals surface area (Å²) in [7, 11) is 3.06. The van der Waals surface area contributed by atoms with Gasteiger partial charge in [-0.2, -0.15) is 0 Å². The van der Waals surface area contributed by atoms with Gasteiger partial charge in [0.2, 0.25) is 0 Å². The largest absolute Gasteiger partial charge is 0.493 e. The Balaban J connectivity index is 2.38. The number of nitrogens with one attached hydrogen (secondary N) is 1. The summed E-state index contributed by atoms with van der Waals surface area (Å²) in [6, 6.07) is 7.40. The van der Waals surface area contributed by atoms with Crippen LogP contribution >= 0.6 is 11.6 Å². The Morgan fingerprint density at radius 3 is 2.30 bits per heavy atom. The first kappa shape index (κ1) is 14.3.